The number of rotatable bonds is 3. The third-order valence-corrected chi connectivity index (χ3v) is 4.96. The number of hydrogen-bond acceptors (Lipinski definition) is 2. The predicted octanol–water partition coefficient (Wildman–Crippen LogP) is 4.44. The Morgan fingerprint density at radius 3 is 2.94 bits per heavy atom. The highest BCUT2D eigenvalue weighted by Crippen LogP contribution is 2.30. The third-order valence-electron chi connectivity index (χ3n) is 3.74. The van der Waals surface area contributed by atoms with Crippen molar-refractivity contribution in [3.05, 3.63) is 21.3 Å². The molecule has 2 atom stereocenters. The summed E-state index contributed by atoms with van der Waals surface area (Å²) in [6, 6.07) is 4.05. The molecule has 1 amide bonds. The Balaban J connectivity index is 2.16. The summed E-state index contributed by atoms with van der Waals surface area (Å²) in [5.74, 6) is 0.773. The molecule has 4 heteroatoms. The Kier molecular flexibility index (Phi) is 4.68. The lowest BCUT2D eigenvalue weighted by atomic mass is 9.88. The van der Waals surface area contributed by atoms with E-state index in [4.69, 9.17) is 11.6 Å². The molecule has 1 aromatic heterocycles. The normalized spacial score (nSPS) is 24.3. The quantitative estimate of drug-likeness (QED) is 0.804. The molecule has 1 aliphatic heterocycles. The number of hydrogen-bond donors (Lipinski definition) is 0. The summed E-state index contributed by atoms with van der Waals surface area (Å²) in [6.45, 7) is 5.34. The van der Waals surface area contributed by atoms with E-state index in [1.165, 1.54) is 17.8 Å². The zero-order chi connectivity index (χ0) is 13.1. The molecule has 1 fully saturated rings. The van der Waals surface area contributed by atoms with Crippen LogP contribution in [-0.2, 0) is 0 Å². The van der Waals surface area contributed by atoms with Gasteiger partial charge in [-0.15, -0.1) is 11.3 Å². The maximum Gasteiger partial charge on any atom is 0.264 e. The van der Waals surface area contributed by atoms with Crippen LogP contribution in [0.1, 0.15) is 49.2 Å². The van der Waals surface area contributed by atoms with Crippen molar-refractivity contribution in [3.8, 4) is 0 Å². The first-order valence-corrected chi connectivity index (χ1v) is 7.89. The lowest BCUT2D eigenvalue weighted by Crippen LogP contribution is -2.47. The smallest absolute Gasteiger partial charge is 0.264 e. The van der Waals surface area contributed by atoms with Crippen molar-refractivity contribution in [2.75, 3.05) is 6.54 Å². The number of carbonyl (C=O) groups excluding carboxylic acids is 1. The monoisotopic (exact) mass is 285 g/mol. The summed E-state index contributed by atoms with van der Waals surface area (Å²) >= 11 is 7.30. The first-order chi connectivity index (χ1) is 8.63. The number of nitrogens with zero attached hydrogens (tertiary/aromatic N) is 1. The van der Waals surface area contributed by atoms with E-state index < -0.39 is 0 Å². The van der Waals surface area contributed by atoms with Gasteiger partial charge in [0.2, 0.25) is 0 Å². The van der Waals surface area contributed by atoms with E-state index in [2.05, 4.69) is 18.7 Å². The SMILES string of the molecule is CCC[C@H]1[C@H](C)CCCN1C(=O)c1ccc(Cl)s1. The first kappa shape index (κ1) is 13.9. The number of piperidine rings is 1. The van der Waals surface area contributed by atoms with Crippen LogP contribution in [0, 0.1) is 5.92 Å². The molecule has 0 aliphatic carbocycles. The van der Waals surface area contributed by atoms with Crippen molar-refractivity contribution in [1.29, 1.82) is 0 Å². The lowest BCUT2D eigenvalue weighted by molar-refractivity contribution is 0.0502. The number of carbonyl (C=O) groups is 1. The Hall–Kier alpha value is -0.540. The van der Waals surface area contributed by atoms with Crippen molar-refractivity contribution in [3.63, 3.8) is 0 Å². The van der Waals surface area contributed by atoms with Gasteiger partial charge in [-0.2, -0.15) is 0 Å². The topological polar surface area (TPSA) is 20.3 Å². The van der Waals surface area contributed by atoms with Gasteiger partial charge in [0.1, 0.15) is 0 Å². The second-order valence-corrected chi connectivity index (χ2v) is 6.79. The molecule has 2 nitrogen and oxygen atoms in total. The van der Waals surface area contributed by atoms with Gasteiger partial charge in [0.25, 0.3) is 5.91 Å². The molecule has 0 spiro atoms. The van der Waals surface area contributed by atoms with Crippen molar-refractivity contribution in [2.24, 2.45) is 5.92 Å². The van der Waals surface area contributed by atoms with Gasteiger partial charge in [0.05, 0.1) is 9.21 Å². The molecule has 1 saturated heterocycles. The van der Waals surface area contributed by atoms with Gasteiger partial charge in [0, 0.05) is 12.6 Å². The largest absolute Gasteiger partial charge is 0.335 e. The summed E-state index contributed by atoms with van der Waals surface area (Å²) in [5, 5.41) is 0. The summed E-state index contributed by atoms with van der Waals surface area (Å²) in [6.07, 6.45) is 4.59. The maximum atomic E-state index is 12.5. The highest BCUT2D eigenvalue weighted by atomic mass is 35.5. The van der Waals surface area contributed by atoms with E-state index in [1.54, 1.807) is 0 Å². The molecule has 1 aliphatic rings. The van der Waals surface area contributed by atoms with Crippen LogP contribution >= 0.6 is 22.9 Å². The lowest BCUT2D eigenvalue weighted by Gasteiger charge is -2.40. The summed E-state index contributed by atoms with van der Waals surface area (Å²) in [7, 11) is 0. The molecular formula is C14H20ClNOS. The van der Waals surface area contributed by atoms with Crippen LogP contribution in [0.5, 0.6) is 0 Å². The molecule has 0 bridgehead atoms. The van der Waals surface area contributed by atoms with E-state index >= 15 is 0 Å². The van der Waals surface area contributed by atoms with Crippen LogP contribution in [0.3, 0.4) is 0 Å². The van der Waals surface area contributed by atoms with E-state index in [9.17, 15) is 4.79 Å². The zero-order valence-corrected chi connectivity index (χ0v) is 12.6. The molecular weight excluding hydrogens is 266 g/mol. The number of thiophene rings is 1. The standard InChI is InChI=1S/C14H20ClNOS/c1-3-5-11-10(2)6-4-9-16(11)14(17)12-7-8-13(15)18-12/h7-8,10-11H,3-6,9H2,1-2H3/t10-,11+/m1/s1. The minimum Gasteiger partial charge on any atom is -0.335 e. The molecule has 2 rings (SSSR count). The summed E-state index contributed by atoms with van der Waals surface area (Å²) < 4.78 is 0.690. The van der Waals surface area contributed by atoms with E-state index in [1.807, 2.05) is 12.1 Å². The molecule has 0 N–H and O–H groups in total. The zero-order valence-electron chi connectivity index (χ0n) is 11.0. The van der Waals surface area contributed by atoms with Crippen LogP contribution in [-0.4, -0.2) is 23.4 Å². The van der Waals surface area contributed by atoms with Crippen LogP contribution in [0.4, 0.5) is 0 Å². The van der Waals surface area contributed by atoms with E-state index in [0.717, 1.165) is 30.7 Å². The van der Waals surface area contributed by atoms with Crippen molar-refractivity contribution >= 4 is 28.8 Å². The molecule has 0 radical (unpaired) electrons. The van der Waals surface area contributed by atoms with E-state index in [0.29, 0.717) is 16.3 Å². The number of halogens is 1. The van der Waals surface area contributed by atoms with Gasteiger partial charge in [-0.25, -0.2) is 0 Å². The molecule has 100 valence electrons. The predicted molar refractivity (Wildman–Crippen MR) is 77.5 cm³/mol. The third kappa shape index (κ3) is 2.89. The van der Waals surface area contributed by atoms with Gasteiger partial charge >= 0.3 is 0 Å². The molecule has 0 aromatic carbocycles. The number of likely N-dealkylation sites (tertiary alicyclic amines) is 1. The summed E-state index contributed by atoms with van der Waals surface area (Å²) in [5.41, 5.74) is 0. The fourth-order valence-electron chi connectivity index (χ4n) is 2.81. The van der Waals surface area contributed by atoms with Crippen LogP contribution < -0.4 is 0 Å². The molecule has 0 unspecified atom stereocenters. The number of amides is 1. The second kappa shape index (κ2) is 6.07. The minimum absolute atomic E-state index is 0.164. The Morgan fingerprint density at radius 1 is 1.56 bits per heavy atom. The van der Waals surface area contributed by atoms with Gasteiger partial charge in [-0.1, -0.05) is 31.9 Å². The Morgan fingerprint density at radius 2 is 2.33 bits per heavy atom. The average molecular weight is 286 g/mol. The Bertz CT molecular complexity index is 418. The molecule has 2 heterocycles. The van der Waals surface area contributed by atoms with Gasteiger partial charge < -0.3 is 4.90 Å². The molecule has 1 aromatic rings. The highest BCUT2D eigenvalue weighted by molar-refractivity contribution is 7.17. The van der Waals surface area contributed by atoms with E-state index in [-0.39, 0.29) is 5.91 Å². The van der Waals surface area contributed by atoms with Crippen molar-refractivity contribution in [1.82, 2.24) is 4.90 Å². The minimum atomic E-state index is 0.164. The van der Waals surface area contributed by atoms with Gasteiger partial charge in [0.15, 0.2) is 0 Å². The van der Waals surface area contributed by atoms with Gasteiger partial charge in [-0.05, 0) is 37.3 Å². The molecule has 18 heavy (non-hydrogen) atoms. The van der Waals surface area contributed by atoms with Gasteiger partial charge in [-0.3, -0.25) is 4.79 Å². The van der Waals surface area contributed by atoms with Crippen LogP contribution in [0.25, 0.3) is 0 Å². The first-order valence-electron chi connectivity index (χ1n) is 6.69. The van der Waals surface area contributed by atoms with Crippen LogP contribution in [0.15, 0.2) is 12.1 Å². The maximum absolute atomic E-state index is 12.5. The fourth-order valence-corrected chi connectivity index (χ4v) is 3.81. The van der Waals surface area contributed by atoms with Crippen molar-refractivity contribution in [2.45, 2.75) is 45.6 Å². The van der Waals surface area contributed by atoms with Crippen molar-refractivity contribution < 1.29 is 4.79 Å². The average Bonchev–Trinajstić information content (AvgIpc) is 2.78. The fraction of sp³-hybridized carbons (Fsp3) is 0.643. The highest BCUT2D eigenvalue weighted by Gasteiger charge is 2.32. The molecule has 0 saturated carbocycles. The van der Waals surface area contributed by atoms with Crippen LogP contribution in [0.2, 0.25) is 4.34 Å². The summed E-state index contributed by atoms with van der Waals surface area (Å²) in [4.78, 5) is 15.4. The Labute approximate surface area is 118 Å². The second-order valence-electron chi connectivity index (χ2n) is 5.08.